The van der Waals surface area contributed by atoms with Crippen molar-refractivity contribution in [3.8, 4) is 0 Å². The Kier molecular flexibility index (Phi) is 2.59. The van der Waals surface area contributed by atoms with E-state index in [1.807, 2.05) is 12.1 Å². The Morgan fingerprint density at radius 3 is 2.94 bits per heavy atom. The summed E-state index contributed by atoms with van der Waals surface area (Å²) in [4.78, 5) is 14.6. The summed E-state index contributed by atoms with van der Waals surface area (Å²) in [6.45, 7) is -0.166. The van der Waals surface area contributed by atoms with Gasteiger partial charge in [0.05, 0.1) is 0 Å². The third-order valence-corrected chi connectivity index (χ3v) is 2.25. The molecule has 0 aliphatic heterocycles. The number of anilines is 2. The summed E-state index contributed by atoms with van der Waals surface area (Å²) >= 11 is 0. The van der Waals surface area contributed by atoms with Crippen molar-refractivity contribution in [3.05, 3.63) is 30.5 Å². The maximum Gasteiger partial charge on any atom is 0.322 e. The van der Waals surface area contributed by atoms with Crippen LogP contribution in [-0.2, 0) is 4.79 Å². The second kappa shape index (κ2) is 4.06. The lowest BCUT2D eigenvalue weighted by Crippen LogP contribution is -2.13. The van der Waals surface area contributed by atoms with Crippen LogP contribution in [0.2, 0.25) is 0 Å². The first-order valence-electron chi connectivity index (χ1n) is 4.77. The van der Waals surface area contributed by atoms with Crippen molar-refractivity contribution in [2.24, 2.45) is 0 Å². The van der Waals surface area contributed by atoms with Crippen LogP contribution in [0, 0.1) is 0 Å². The van der Waals surface area contributed by atoms with E-state index in [4.69, 9.17) is 10.8 Å². The molecule has 0 atom stereocenters. The molecule has 1 heterocycles. The molecular weight excluding hydrogens is 206 g/mol. The Morgan fingerprint density at radius 1 is 1.38 bits per heavy atom. The summed E-state index contributed by atoms with van der Waals surface area (Å²) in [5.41, 5.74) is 6.46. The number of carboxylic acids is 1. The highest BCUT2D eigenvalue weighted by atomic mass is 16.4. The number of nitrogens with zero attached hydrogens (tertiary/aromatic N) is 1. The first kappa shape index (κ1) is 10.2. The topological polar surface area (TPSA) is 88.2 Å². The highest BCUT2D eigenvalue weighted by Crippen LogP contribution is 2.25. The number of carboxylic acid groups (broad SMARTS) is 1. The van der Waals surface area contributed by atoms with Gasteiger partial charge in [0, 0.05) is 22.7 Å². The molecular formula is C11H11N3O2. The van der Waals surface area contributed by atoms with E-state index >= 15 is 0 Å². The summed E-state index contributed by atoms with van der Waals surface area (Å²) < 4.78 is 0. The van der Waals surface area contributed by atoms with Gasteiger partial charge in [0.25, 0.3) is 0 Å². The van der Waals surface area contributed by atoms with Crippen LogP contribution in [0.25, 0.3) is 10.8 Å². The molecule has 1 aromatic heterocycles. The largest absolute Gasteiger partial charge is 0.480 e. The van der Waals surface area contributed by atoms with Crippen LogP contribution in [0.5, 0.6) is 0 Å². The number of nitrogens with two attached hydrogens (primary N) is 1. The molecule has 0 saturated heterocycles. The van der Waals surface area contributed by atoms with Gasteiger partial charge >= 0.3 is 5.97 Å². The number of fused-ring (bicyclic) bond motifs is 1. The standard InChI is InChI=1S/C11H11N3O2/c12-9-3-1-2-8-7(9)4-5-13-11(8)14-6-10(15)16/h1-5H,6,12H2,(H,13,14)(H,15,16). The number of pyridine rings is 1. The number of carbonyl (C=O) groups is 1. The minimum absolute atomic E-state index is 0.166. The summed E-state index contributed by atoms with van der Waals surface area (Å²) in [7, 11) is 0. The Balaban J connectivity index is 2.45. The zero-order chi connectivity index (χ0) is 11.5. The van der Waals surface area contributed by atoms with Crippen LogP contribution in [0.1, 0.15) is 0 Å². The summed E-state index contributed by atoms with van der Waals surface area (Å²) in [6, 6.07) is 7.26. The normalized spacial score (nSPS) is 10.2. The van der Waals surface area contributed by atoms with Crippen LogP contribution in [-0.4, -0.2) is 22.6 Å². The van der Waals surface area contributed by atoms with Gasteiger partial charge in [-0.1, -0.05) is 12.1 Å². The molecule has 5 heteroatoms. The van der Waals surface area contributed by atoms with Gasteiger partial charge in [-0.25, -0.2) is 4.98 Å². The summed E-state index contributed by atoms with van der Waals surface area (Å²) in [6.07, 6.45) is 1.60. The van der Waals surface area contributed by atoms with Crippen molar-refractivity contribution in [1.82, 2.24) is 4.98 Å². The molecule has 2 rings (SSSR count). The maximum absolute atomic E-state index is 10.5. The minimum Gasteiger partial charge on any atom is -0.480 e. The Hall–Kier alpha value is -2.30. The van der Waals surface area contributed by atoms with E-state index in [0.29, 0.717) is 11.5 Å². The number of hydrogen-bond acceptors (Lipinski definition) is 4. The highest BCUT2D eigenvalue weighted by molar-refractivity contribution is 5.99. The molecule has 16 heavy (non-hydrogen) atoms. The molecule has 4 N–H and O–H groups in total. The average Bonchev–Trinajstić information content (AvgIpc) is 2.27. The summed E-state index contributed by atoms with van der Waals surface area (Å²) in [5.74, 6) is -0.394. The van der Waals surface area contributed by atoms with E-state index in [2.05, 4.69) is 10.3 Å². The second-order valence-electron chi connectivity index (χ2n) is 3.35. The van der Waals surface area contributed by atoms with Gasteiger partial charge in [0.1, 0.15) is 12.4 Å². The predicted octanol–water partition coefficient (Wildman–Crippen LogP) is 1.31. The van der Waals surface area contributed by atoms with Crippen LogP contribution < -0.4 is 11.1 Å². The number of hydrogen-bond donors (Lipinski definition) is 3. The molecule has 0 bridgehead atoms. The lowest BCUT2D eigenvalue weighted by Gasteiger charge is -2.07. The van der Waals surface area contributed by atoms with E-state index in [1.54, 1.807) is 18.3 Å². The Morgan fingerprint density at radius 2 is 2.19 bits per heavy atom. The minimum atomic E-state index is -0.928. The van der Waals surface area contributed by atoms with Gasteiger partial charge in [0.15, 0.2) is 0 Å². The molecule has 0 unspecified atom stereocenters. The smallest absolute Gasteiger partial charge is 0.322 e. The summed E-state index contributed by atoms with van der Waals surface area (Å²) in [5, 5.41) is 13.0. The zero-order valence-electron chi connectivity index (χ0n) is 8.47. The lowest BCUT2D eigenvalue weighted by molar-refractivity contribution is -0.134. The number of aliphatic carboxylic acids is 1. The first-order valence-corrected chi connectivity index (χ1v) is 4.77. The van der Waals surface area contributed by atoms with Crippen molar-refractivity contribution < 1.29 is 9.90 Å². The monoisotopic (exact) mass is 217 g/mol. The first-order chi connectivity index (χ1) is 7.68. The molecule has 0 radical (unpaired) electrons. The van der Waals surface area contributed by atoms with Crippen molar-refractivity contribution in [1.29, 1.82) is 0 Å². The van der Waals surface area contributed by atoms with Crippen molar-refractivity contribution in [2.75, 3.05) is 17.6 Å². The van der Waals surface area contributed by atoms with Crippen LogP contribution >= 0.6 is 0 Å². The Labute approximate surface area is 91.9 Å². The number of benzene rings is 1. The fraction of sp³-hybridized carbons (Fsp3) is 0.0909. The molecule has 82 valence electrons. The number of nitrogen functional groups attached to an aromatic ring is 1. The van der Waals surface area contributed by atoms with Crippen molar-refractivity contribution in [2.45, 2.75) is 0 Å². The van der Waals surface area contributed by atoms with Gasteiger partial charge in [-0.05, 0) is 12.1 Å². The van der Waals surface area contributed by atoms with E-state index in [9.17, 15) is 4.79 Å². The molecule has 2 aromatic rings. The van der Waals surface area contributed by atoms with Gasteiger partial charge in [-0.15, -0.1) is 0 Å². The third-order valence-electron chi connectivity index (χ3n) is 2.25. The second-order valence-corrected chi connectivity index (χ2v) is 3.35. The average molecular weight is 217 g/mol. The molecule has 0 aliphatic rings. The fourth-order valence-corrected chi connectivity index (χ4v) is 1.53. The quantitative estimate of drug-likeness (QED) is 0.674. The zero-order valence-corrected chi connectivity index (χ0v) is 8.47. The van der Waals surface area contributed by atoms with E-state index in [1.165, 1.54) is 0 Å². The van der Waals surface area contributed by atoms with Crippen LogP contribution in [0.15, 0.2) is 30.5 Å². The van der Waals surface area contributed by atoms with Crippen LogP contribution in [0.4, 0.5) is 11.5 Å². The number of aromatic nitrogens is 1. The number of nitrogens with one attached hydrogen (secondary N) is 1. The molecule has 0 fully saturated rings. The van der Waals surface area contributed by atoms with Gasteiger partial charge in [0.2, 0.25) is 0 Å². The van der Waals surface area contributed by atoms with Gasteiger partial charge < -0.3 is 16.2 Å². The van der Waals surface area contributed by atoms with E-state index in [0.717, 1.165) is 10.8 Å². The molecule has 1 aromatic carbocycles. The third kappa shape index (κ3) is 1.88. The lowest BCUT2D eigenvalue weighted by atomic mass is 10.1. The SMILES string of the molecule is Nc1cccc2c(NCC(=O)O)nccc12. The Bertz CT molecular complexity index is 540. The van der Waals surface area contributed by atoms with E-state index in [-0.39, 0.29) is 6.54 Å². The van der Waals surface area contributed by atoms with Crippen LogP contribution in [0.3, 0.4) is 0 Å². The maximum atomic E-state index is 10.5. The van der Waals surface area contributed by atoms with E-state index < -0.39 is 5.97 Å². The van der Waals surface area contributed by atoms with Gasteiger partial charge in [-0.2, -0.15) is 0 Å². The molecule has 0 aliphatic carbocycles. The van der Waals surface area contributed by atoms with Gasteiger partial charge in [-0.3, -0.25) is 4.79 Å². The predicted molar refractivity (Wildman–Crippen MR) is 62.3 cm³/mol. The molecule has 0 amide bonds. The highest BCUT2D eigenvalue weighted by Gasteiger charge is 2.05. The number of rotatable bonds is 3. The fourth-order valence-electron chi connectivity index (χ4n) is 1.53. The molecule has 0 saturated carbocycles. The van der Waals surface area contributed by atoms with Crippen molar-refractivity contribution in [3.63, 3.8) is 0 Å². The molecule has 5 nitrogen and oxygen atoms in total. The van der Waals surface area contributed by atoms with Crippen molar-refractivity contribution >= 4 is 28.2 Å². The molecule has 0 spiro atoms.